The van der Waals surface area contributed by atoms with Crippen molar-refractivity contribution in [2.24, 2.45) is 5.73 Å². The zero-order valence-corrected chi connectivity index (χ0v) is 12.7. The summed E-state index contributed by atoms with van der Waals surface area (Å²) in [7, 11) is 1.63. The monoisotopic (exact) mass is 377 g/mol. The standard InChI is InChI=1S/C13H13ClINO2/c1-17-7-9-3-5-12(18-9)13(16)10-6-8(14)2-4-11(10)15/h2-6,13H,7,16H2,1H3. The van der Waals surface area contributed by atoms with E-state index in [-0.39, 0.29) is 6.04 Å². The maximum Gasteiger partial charge on any atom is 0.129 e. The van der Waals surface area contributed by atoms with Crippen LogP contribution in [0.25, 0.3) is 0 Å². The second-order valence-corrected chi connectivity index (χ2v) is 5.48. The topological polar surface area (TPSA) is 48.4 Å². The van der Waals surface area contributed by atoms with Gasteiger partial charge in [0.05, 0.1) is 6.04 Å². The van der Waals surface area contributed by atoms with Gasteiger partial charge in [-0.2, -0.15) is 0 Å². The number of rotatable bonds is 4. The van der Waals surface area contributed by atoms with Gasteiger partial charge in [-0.05, 0) is 58.5 Å². The third kappa shape index (κ3) is 3.06. The fraction of sp³-hybridized carbons (Fsp3) is 0.231. The van der Waals surface area contributed by atoms with Gasteiger partial charge >= 0.3 is 0 Å². The smallest absolute Gasteiger partial charge is 0.129 e. The van der Waals surface area contributed by atoms with Gasteiger partial charge in [-0.1, -0.05) is 11.6 Å². The number of benzene rings is 1. The molecule has 2 aromatic rings. The van der Waals surface area contributed by atoms with E-state index in [1.54, 1.807) is 7.11 Å². The summed E-state index contributed by atoms with van der Waals surface area (Å²) in [4.78, 5) is 0. The number of methoxy groups -OCH3 is 1. The van der Waals surface area contributed by atoms with Crippen LogP contribution in [0.3, 0.4) is 0 Å². The van der Waals surface area contributed by atoms with E-state index in [1.165, 1.54) is 0 Å². The lowest BCUT2D eigenvalue weighted by molar-refractivity contribution is 0.162. The second-order valence-electron chi connectivity index (χ2n) is 3.88. The first-order valence-electron chi connectivity index (χ1n) is 5.40. The molecule has 18 heavy (non-hydrogen) atoms. The van der Waals surface area contributed by atoms with Crippen LogP contribution in [-0.2, 0) is 11.3 Å². The summed E-state index contributed by atoms with van der Waals surface area (Å²) in [5, 5.41) is 0.671. The number of hydrogen-bond donors (Lipinski definition) is 1. The van der Waals surface area contributed by atoms with Crippen LogP contribution >= 0.6 is 34.2 Å². The van der Waals surface area contributed by atoms with Crippen LogP contribution in [0.4, 0.5) is 0 Å². The van der Waals surface area contributed by atoms with Gasteiger partial charge in [-0.25, -0.2) is 0 Å². The molecule has 1 aromatic carbocycles. The van der Waals surface area contributed by atoms with Gasteiger partial charge in [-0.15, -0.1) is 0 Å². The van der Waals surface area contributed by atoms with Gasteiger partial charge in [0.2, 0.25) is 0 Å². The predicted octanol–water partition coefficient (Wildman–Crippen LogP) is 3.73. The van der Waals surface area contributed by atoms with Gasteiger partial charge < -0.3 is 14.9 Å². The SMILES string of the molecule is COCc1ccc(C(N)c2cc(Cl)ccc2I)o1. The summed E-state index contributed by atoms with van der Waals surface area (Å²) in [5.74, 6) is 1.47. The number of furan rings is 1. The van der Waals surface area contributed by atoms with Crippen molar-refractivity contribution >= 4 is 34.2 Å². The Labute approximate surface area is 124 Å². The molecule has 0 aliphatic rings. The molecule has 1 aromatic heterocycles. The molecule has 2 N–H and O–H groups in total. The lowest BCUT2D eigenvalue weighted by Crippen LogP contribution is -2.12. The molecule has 0 fully saturated rings. The van der Waals surface area contributed by atoms with E-state index in [0.29, 0.717) is 17.4 Å². The molecule has 96 valence electrons. The summed E-state index contributed by atoms with van der Waals surface area (Å²) >= 11 is 8.23. The minimum absolute atomic E-state index is 0.318. The van der Waals surface area contributed by atoms with Crippen LogP contribution in [0.2, 0.25) is 5.02 Å². The molecule has 1 atom stereocenters. The van der Waals surface area contributed by atoms with Crippen molar-refractivity contribution in [3.05, 3.63) is 56.0 Å². The van der Waals surface area contributed by atoms with Gasteiger partial charge in [0.15, 0.2) is 0 Å². The lowest BCUT2D eigenvalue weighted by Gasteiger charge is -2.12. The molecule has 1 unspecified atom stereocenters. The maximum atomic E-state index is 6.20. The Morgan fingerprint density at radius 1 is 1.39 bits per heavy atom. The van der Waals surface area contributed by atoms with Crippen molar-refractivity contribution in [3.8, 4) is 0 Å². The number of nitrogens with two attached hydrogens (primary N) is 1. The highest BCUT2D eigenvalue weighted by molar-refractivity contribution is 14.1. The third-order valence-electron chi connectivity index (χ3n) is 2.57. The minimum atomic E-state index is -0.318. The molecule has 1 heterocycles. The van der Waals surface area contributed by atoms with Gasteiger partial charge in [0.25, 0.3) is 0 Å². The molecule has 0 saturated carbocycles. The van der Waals surface area contributed by atoms with E-state index < -0.39 is 0 Å². The van der Waals surface area contributed by atoms with Crippen molar-refractivity contribution in [1.82, 2.24) is 0 Å². The van der Waals surface area contributed by atoms with Crippen LogP contribution in [-0.4, -0.2) is 7.11 Å². The van der Waals surface area contributed by atoms with Crippen LogP contribution in [0.15, 0.2) is 34.7 Å². The molecule has 0 radical (unpaired) electrons. The van der Waals surface area contributed by atoms with Crippen molar-refractivity contribution in [2.75, 3.05) is 7.11 Å². The van der Waals surface area contributed by atoms with E-state index in [0.717, 1.165) is 14.9 Å². The molecule has 0 aliphatic heterocycles. The van der Waals surface area contributed by atoms with Crippen molar-refractivity contribution in [1.29, 1.82) is 0 Å². The molecule has 0 aliphatic carbocycles. The molecule has 3 nitrogen and oxygen atoms in total. The molecule has 0 bridgehead atoms. The predicted molar refractivity (Wildman–Crippen MR) is 79.6 cm³/mol. The Bertz CT molecular complexity index is 542. The summed E-state index contributed by atoms with van der Waals surface area (Å²) in [5.41, 5.74) is 7.16. The molecular weight excluding hydrogens is 365 g/mol. The highest BCUT2D eigenvalue weighted by Gasteiger charge is 2.16. The van der Waals surface area contributed by atoms with Gasteiger partial charge in [0, 0.05) is 15.7 Å². The lowest BCUT2D eigenvalue weighted by atomic mass is 10.1. The Hall–Kier alpha value is -0.560. The van der Waals surface area contributed by atoms with E-state index >= 15 is 0 Å². The average molecular weight is 378 g/mol. The Morgan fingerprint density at radius 3 is 2.89 bits per heavy atom. The van der Waals surface area contributed by atoms with Gasteiger partial charge in [0.1, 0.15) is 18.1 Å². The fourth-order valence-corrected chi connectivity index (χ4v) is 2.54. The molecular formula is C13H13ClINO2. The number of ether oxygens (including phenoxy) is 1. The Kier molecular flexibility index (Phi) is 4.66. The first-order chi connectivity index (χ1) is 8.61. The fourth-order valence-electron chi connectivity index (χ4n) is 1.69. The van der Waals surface area contributed by atoms with Gasteiger partial charge in [-0.3, -0.25) is 0 Å². The molecule has 2 rings (SSSR count). The van der Waals surface area contributed by atoms with Crippen molar-refractivity contribution in [2.45, 2.75) is 12.6 Å². The number of halogens is 2. The van der Waals surface area contributed by atoms with Crippen molar-refractivity contribution < 1.29 is 9.15 Å². The van der Waals surface area contributed by atoms with E-state index in [2.05, 4.69) is 22.6 Å². The highest BCUT2D eigenvalue weighted by Crippen LogP contribution is 2.28. The maximum absolute atomic E-state index is 6.20. The number of hydrogen-bond acceptors (Lipinski definition) is 3. The van der Waals surface area contributed by atoms with Crippen LogP contribution in [0, 0.1) is 3.57 Å². The quantitative estimate of drug-likeness (QED) is 0.826. The van der Waals surface area contributed by atoms with Crippen LogP contribution < -0.4 is 5.73 Å². The molecule has 0 spiro atoms. The largest absolute Gasteiger partial charge is 0.462 e. The van der Waals surface area contributed by atoms with E-state index in [1.807, 2.05) is 30.3 Å². The van der Waals surface area contributed by atoms with Crippen molar-refractivity contribution in [3.63, 3.8) is 0 Å². The Morgan fingerprint density at radius 2 is 2.17 bits per heavy atom. The Balaban J connectivity index is 2.29. The average Bonchev–Trinajstić information content (AvgIpc) is 2.80. The van der Waals surface area contributed by atoms with E-state index in [9.17, 15) is 0 Å². The zero-order chi connectivity index (χ0) is 13.1. The summed E-state index contributed by atoms with van der Waals surface area (Å²) in [6, 6.07) is 9.08. The third-order valence-corrected chi connectivity index (χ3v) is 3.79. The summed E-state index contributed by atoms with van der Waals surface area (Å²) in [6.45, 7) is 0.444. The minimum Gasteiger partial charge on any atom is -0.462 e. The highest BCUT2D eigenvalue weighted by atomic mass is 127. The van der Waals surface area contributed by atoms with Crippen LogP contribution in [0.1, 0.15) is 23.1 Å². The van der Waals surface area contributed by atoms with E-state index in [4.69, 9.17) is 26.5 Å². The van der Waals surface area contributed by atoms with Crippen LogP contribution in [0.5, 0.6) is 0 Å². The zero-order valence-electron chi connectivity index (χ0n) is 9.82. The molecule has 0 amide bonds. The molecule has 0 saturated heterocycles. The summed E-state index contributed by atoms with van der Waals surface area (Å²) < 4.78 is 11.7. The first kappa shape index (κ1) is 13.9. The second kappa shape index (κ2) is 6.06. The first-order valence-corrected chi connectivity index (χ1v) is 6.85. The molecule has 5 heteroatoms. The summed E-state index contributed by atoms with van der Waals surface area (Å²) in [6.07, 6.45) is 0. The normalized spacial score (nSPS) is 12.7.